The van der Waals surface area contributed by atoms with Gasteiger partial charge in [-0.2, -0.15) is 0 Å². The van der Waals surface area contributed by atoms with Crippen LogP contribution in [0.2, 0.25) is 0 Å². The maximum absolute atomic E-state index is 14.7. The van der Waals surface area contributed by atoms with Gasteiger partial charge in [0.15, 0.2) is 0 Å². The number of carbonyl (C=O) groups excluding carboxylic acids is 7. The number of nitro benzene ring substituents is 1. The lowest BCUT2D eigenvalue weighted by Gasteiger charge is -2.26. The molecule has 6 N–H and O–H groups in total. The summed E-state index contributed by atoms with van der Waals surface area (Å²) in [6.07, 6.45) is -1.47. The maximum Gasteiger partial charge on any atom is 0.407 e. The fourth-order valence-electron chi connectivity index (χ4n) is 4.81. The van der Waals surface area contributed by atoms with E-state index in [1.165, 1.54) is 0 Å². The van der Waals surface area contributed by atoms with Crippen LogP contribution in [0.4, 0.5) is 14.9 Å². The molecule has 0 aliphatic carbocycles. The number of hydrogen-bond acceptors (Lipinski definition) is 13. The van der Waals surface area contributed by atoms with Gasteiger partial charge in [0.25, 0.3) is 11.6 Å². The number of halogens is 1. The number of ether oxygens (including phenoxy) is 3. The zero-order valence-electron chi connectivity index (χ0n) is 34.0. The Bertz CT molecular complexity index is 1600. The minimum Gasteiger partial charge on any atom is -0.460 e. The number of aliphatic hydroxyl groups excluding tert-OH is 1. The lowest BCUT2D eigenvalue weighted by atomic mass is 10.0. The Morgan fingerprint density at radius 2 is 1.25 bits per heavy atom. The average molecular weight is 813 g/mol. The molecule has 5 amide bonds. The molecular weight excluding hydrogens is 755 g/mol. The van der Waals surface area contributed by atoms with E-state index < -0.39 is 125 Å². The van der Waals surface area contributed by atoms with E-state index in [-0.39, 0.29) is 32.2 Å². The van der Waals surface area contributed by atoms with Crippen LogP contribution in [0.25, 0.3) is 0 Å². The number of nitrogens with zero attached hydrogens (tertiary/aromatic N) is 1. The molecule has 0 spiro atoms. The van der Waals surface area contributed by atoms with E-state index in [0.717, 1.165) is 6.07 Å². The summed E-state index contributed by atoms with van der Waals surface area (Å²) >= 11 is 0. The van der Waals surface area contributed by atoms with Gasteiger partial charge in [-0.25, -0.2) is 9.18 Å². The summed E-state index contributed by atoms with van der Waals surface area (Å²) in [5.74, 6) is -6.70. The van der Waals surface area contributed by atoms with Gasteiger partial charge in [-0.3, -0.25) is 38.9 Å². The zero-order valence-corrected chi connectivity index (χ0v) is 34.0. The normalized spacial score (nSPS) is 13.2. The topological polar surface area (TPSA) is 271 Å². The SMILES string of the molecule is CC(C)(C)OC(=O)CC[C@H](NC(=O)c1cc([N+](=O)[O-])ccc1F)C(=O)N[C@@H](CCCCNC(=O)OC(C)(C)C)C(=O)N[C@@H](CCO)C(=O)NCC(=O)OC(C)(C)C. The molecule has 1 aromatic rings. The van der Waals surface area contributed by atoms with E-state index in [4.69, 9.17) is 14.2 Å². The molecule has 1 aromatic carbocycles. The first-order chi connectivity index (χ1) is 26.2. The van der Waals surface area contributed by atoms with Crippen molar-refractivity contribution in [2.24, 2.45) is 0 Å². The number of esters is 2. The number of benzene rings is 1. The molecule has 0 fully saturated rings. The first-order valence-electron chi connectivity index (χ1n) is 18.4. The van der Waals surface area contributed by atoms with Crippen LogP contribution in [0.15, 0.2) is 18.2 Å². The Kier molecular flexibility index (Phi) is 19.5. The van der Waals surface area contributed by atoms with Gasteiger partial charge in [-0.05, 0) is 100 Å². The lowest BCUT2D eigenvalue weighted by Crippen LogP contribution is -2.57. The first-order valence-corrected chi connectivity index (χ1v) is 18.4. The number of hydrogen-bond donors (Lipinski definition) is 6. The highest BCUT2D eigenvalue weighted by Crippen LogP contribution is 2.18. The van der Waals surface area contributed by atoms with Gasteiger partial charge in [0, 0.05) is 31.7 Å². The number of aliphatic hydroxyl groups is 1. The lowest BCUT2D eigenvalue weighted by molar-refractivity contribution is -0.384. The molecule has 3 atom stereocenters. The van der Waals surface area contributed by atoms with Gasteiger partial charge < -0.3 is 45.9 Å². The van der Waals surface area contributed by atoms with Gasteiger partial charge in [0.1, 0.15) is 47.3 Å². The summed E-state index contributed by atoms with van der Waals surface area (Å²) in [6.45, 7) is 13.8. The fraction of sp³-hybridized carbons (Fsp3) is 0.649. The van der Waals surface area contributed by atoms with Gasteiger partial charge in [-0.15, -0.1) is 0 Å². The number of non-ortho nitro benzene ring substituents is 1. The molecule has 19 nitrogen and oxygen atoms in total. The summed E-state index contributed by atoms with van der Waals surface area (Å²) in [7, 11) is 0. The highest BCUT2D eigenvalue weighted by atomic mass is 19.1. The quantitative estimate of drug-likeness (QED) is 0.0364. The smallest absolute Gasteiger partial charge is 0.407 e. The molecule has 57 heavy (non-hydrogen) atoms. The molecule has 20 heteroatoms. The van der Waals surface area contributed by atoms with Crippen molar-refractivity contribution in [3.8, 4) is 0 Å². The van der Waals surface area contributed by atoms with Crippen LogP contribution in [0.3, 0.4) is 0 Å². The average Bonchev–Trinajstić information content (AvgIpc) is 3.05. The van der Waals surface area contributed by atoms with E-state index in [9.17, 15) is 53.2 Å². The Morgan fingerprint density at radius 3 is 1.77 bits per heavy atom. The predicted octanol–water partition coefficient (Wildman–Crippen LogP) is 2.46. The van der Waals surface area contributed by atoms with Crippen LogP contribution < -0.4 is 26.6 Å². The Labute approximate surface area is 331 Å². The van der Waals surface area contributed by atoms with Crippen molar-refractivity contribution in [3.05, 3.63) is 39.7 Å². The van der Waals surface area contributed by atoms with Crippen LogP contribution >= 0.6 is 0 Å². The van der Waals surface area contributed by atoms with Crippen molar-refractivity contribution < 1.29 is 62.2 Å². The Hall–Kier alpha value is -5.40. The molecule has 0 bridgehead atoms. The third-order valence-electron chi connectivity index (χ3n) is 7.18. The molecule has 0 saturated carbocycles. The highest BCUT2D eigenvalue weighted by molar-refractivity contribution is 5.99. The van der Waals surface area contributed by atoms with Crippen molar-refractivity contribution in [2.45, 2.75) is 136 Å². The van der Waals surface area contributed by atoms with E-state index in [1.807, 2.05) is 0 Å². The second-order valence-electron chi connectivity index (χ2n) is 15.9. The van der Waals surface area contributed by atoms with Crippen molar-refractivity contribution >= 4 is 47.3 Å². The van der Waals surface area contributed by atoms with Crippen LogP contribution in [0.1, 0.15) is 111 Å². The molecule has 0 aliphatic rings. The number of alkyl carbamates (subject to hydrolysis) is 1. The third-order valence-corrected chi connectivity index (χ3v) is 7.18. The van der Waals surface area contributed by atoms with Gasteiger partial charge >= 0.3 is 18.0 Å². The highest BCUT2D eigenvalue weighted by Gasteiger charge is 2.32. The number of amides is 5. The zero-order chi connectivity index (χ0) is 43.7. The summed E-state index contributed by atoms with van der Waals surface area (Å²) in [5, 5.41) is 33.0. The van der Waals surface area contributed by atoms with Crippen molar-refractivity contribution in [1.29, 1.82) is 0 Å². The van der Waals surface area contributed by atoms with Crippen LogP contribution in [-0.2, 0) is 38.2 Å². The Balaban J connectivity index is 3.37. The molecule has 320 valence electrons. The van der Waals surface area contributed by atoms with Gasteiger partial charge in [-0.1, -0.05) is 0 Å². The van der Waals surface area contributed by atoms with E-state index in [2.05, 4.69) is 26.6 Å². The monoisotopic (exact) mass is 812 g/mol. The molecule has 0 radical (unpaired) electrons. The van der Waals surface area contributed by atoms with Gasteiger partial charge in [0.2, 0.25) is 17.7 Å². The van der Waals surface area contributed by atoms with E-state index >= 15 is 0 Å². The number of carbonyl (C=O) groups is 7. The van der Waals surface area contributed by atoms with Crippen molar-refractivity contribution in [1.82, 2.24) is 26.6 Å². The molecular formula is C37H57FN6O13. The molecule has 1 rings (SSSR count). The number of nitro groups is 1. The third kappa shape index (κ3) is 20.9. The molecule has 0 aliphatic heterocycles. The van der Waals surface area contributed by atoms with Crippen LogP contribution in [0.5, 0.6) is 0 Å². The molecule has 0 aromatic heterocycles. The second-order valence-corrected chi connectivity index (χ2v) is 15.9. The van der Waals surface area contributed by atoms with Gasteiger partial charge in [0.05, 0.1) is 10.5 Å². The predicted molar refractivity (Wildman–Crippen MR) is 202 cm³/mol. The number of nitrogens with one attached hydrogen (secondary N) is 5. The molecule has 0 heterocycles. The van der Waals surface area contributed by atoms with E-state index in [0.29, 0.717) is 12.1 Å². The maximum atomic E-state index is 14.7. The molecule has 0 unspecified atom stereocenters. The number of unbranched alkanes of at least 4 members (excludes halogenated alkanes) is 1. The minimum atomic E-state index is -1.63. The molecule has 0 saturated heterocycles. The van der Waals surface area contributed by atoms with Crippen molar-refractivity contribution in [2.75, 3.05) is 19.7 Å². The Morgan fingerprint density at radius 1 is 0.719 bits per heavy atom. The summed E-state index contributed by atoms with van der Waals surface area (Å²) in [6, 6.07) is -2.24. The van der Waals surface area contributed by atoms with E-state index in [1.54, 1.807) is 62.3 Å². The largest absolute Gasteiger partial charge is 0.460 e. The number of rotatable bonds is 20. The first kappa shape index (κ1) is 49.6. The van der Waals surface area contributed by atoms with Crippen LogP contribution in [-0.4, -0.2) is 106 Å². The van der Waals surface area contributed by atoms with Crippen LogP contribution in [0, 0.1) is 15.9 Å². The van der Waals surface area contributed by atoms with Crippen molar-refractivity contribution in [3.63, 3.8) is 0 Å². The summed E-state index contributed by atoms with van der Waals surface area (Å²) < 4.78 is 30.4. The summed E-state index contributed by atoms with van der Waals surface area (Å²) in [4.78, 5) is 101. The summed E-state index contributed by atoms with van der Waals surface area (Å²) in [5.41, 5.74) is -3.88. The minimum absolute atomic E-state index is 0.106. The standard InChI is InChI=1S/C37H57FN6O13/c1-35(2,3)55-28(46)16-15-26(41-30(48)23-20-22(44(53)54)13-14-24(23)38)33(51)42-25(12-10-11-18-39-34(52)57-37(7,8)9)32(50)43-27(17-19-45)31(49)40-21-29(47)56-36(4,5)6/h13-14,20,25-27,45H,10-12,15-19,21H2,1-9H3,(H,39,52)(H,40,49)(H,41,48)(H,42,51)(H,43,50)/t25-,26-,27-/m0/s1. The second kappa shape index (κ2) is 22.4. The fourth-order valence-corrected chi connectivity index (χ4v) is 4.81.